The number of nitrogens with zero attached hydrogens (tertiary/aromatic N) is 4. The molecule has 0 saturated carbocycles. The molecule has 84 valence electrons. The van der Waals surface area contributed by atoms with E-state index >= 15 is 0 Å². The third-order valence-corrected chi connectivity index (χ3v) is 2.52. The summed E-state index contributed by atoms with van der Waals surface area (Å²) in [6, 6.07) is 5.66. The summed E-state index contributed by atoms with van der Waals surface area (Å²) in [6.07, 6.45) is 6.85. The Bertz CT molecular complexity index is 645. The van der Waals surface area contributed by atoms with E-state index in [1.54, 1.807) is 29.5 Å². The number of hydrogen-bond donors (Lipinski definition) is 2. The fourth-order valence-corrected chi connectivity index (χ4v) is 1.72. The van der Waals surface area contributed by atoms with Crippen molar-refractivity contribution in [1.29, 1.82) is 0 Å². The monoisotopic (exact) mass is 226 g/mol. The molecule has 0 spiro atoms. The van der Waals surface area contributed by atoms with Crippen LogP contribution in [0.1, 0.15) is 0 Å². The maximum absolute atomic E-state index is 5.42. The summed E-state index contributed by atoms with van der Waals surface area (Å²) in [5, 5.41) is 5.20. The predicted octanol–water partition coefficient (Wildman–Crippen LogP) is 1.10. The minimum Gasteiger partial charge on any atom is -0.322 e. The fourth-order valence-electron chi connectivity index (χ4n) is 1.72. The molecule has 0 radical (unpaired) electrons. The van der Waals surface area contributed by atoms with Gasteiger partial charge >= 0.3 is 0 Å². The zero-order valence-corrected chi connectivity index (χ0v) is 8.91. The van der Waals surface area contributed by atoms with Crippen molar-refractivity contribution in [3.05, 3.63) is 43.0 Å². The van der Waals surface area contributed by atoms with Gasteiger partial charge in [-0.15, -0.1) is 0 Å². The maximum atomic E-state index is 5.42. The Labute approximate surface area is 97.1 Å². The predicted molar refractivity (Wildman–Crippen MR) is 64.5 cm³/mol. The van der Waals surface area contributed by atoms with Crippen LogP contribution in [0.5, 0.6) is 0 Å². The number of anilines is 1. The Hall–Kier alpha value is -2.47. The van der Waals surface area contributed by atoms with E-state index in [4.69, 9.17) is 5.84 Å². The second-order valence-corrected chi connectivity index (χ2v) is 3.51. The highest BCUT2D eigenvalue weighted by atomic mass is 15.3. The van der Waals surface area contributed by atoms with Crippen LogP contribution < -0.4 is 11.3 Å². The fraction of sp³-hybridized carbons (Fsp3) is 0. The van der Waals surface area contributed by atoms with Crippen LogP contribution >= 0.6 is 0 Å². The highest BCUT2D eigenvalue weighted by Gasteiger charge is 2.08. The van der Waals surface area contributed by atoms with Crippen molar-refractivity contribution in [2.45, 2.75) is 0 Å². The van der Waals surface area contributed by atoms with Crippen molar-refractivity contribution in [3.8, 4) is 5.82 Å². The molecular weight excluding hydrogens is 216 g/mol. The van der Waals surface area contributed by atoms with Crippen LogP contribution in [0.4, 0.5) is 5.69 Å². The molecule has 0 bridgehead atoms. The smallest absolute Gasteiger partial charge is 0.154 e. The van der Waals surface area contributed by atoms with Gasteiger partial charge in [0.25, 0.3) is 0 Å². The van der Waals surface area contributed by atoms with Crippen molar-refractivity contribution in [1.82, 2.24) is 19.7 Å². The van der Waals surface area contributed by atoms with Gasteiger partial charge in [0.05, 0.1) is 29.8 Å². The van der Waals surface area contributed by atoms with E-state index in [2.05, 4.69) is 20.5 Å². The average molecular weight is 226 g/mol. The van der Waals surface area contributed by atoms with Crippen molar-refractivity contribution in [3.63, 3.8) is 0 Å². The molecule has 3 aromatic heterocycles. The summed E-state index contributed by atoms with van der Waals surface area (Å²) in [5.74, 6) is 6.17. The Balaban J connectivity index is 2.26. The molecule has 17 heavy (non-hydrogen) atoms. The molecule has 0 atom stereocenters. The number of rotatable bonds is 2. The second-order valence-electron chi connectivity index (χ2n) is 3.51. The van der Waals surface area contributed by atoms with E-state index < -0.39 is 0 Å². The van der Waals surface area contributed by atoms with E-state index in [0.29, 0.717) is 0 Å². The number of pyridine rings is 2. The van der Waals surface area contributed by atoms with E-state index in [9.17, 15) is 0 Å². The van der Waals surface area contributed by atoms with Crippen LogP contribution in [0.25, 0.3) is 16.7 Å². The van der Waals surface area contributed by atoms with E-state index in [1.807, 2.05) is 18.2 Å². The number of nitrogens with one attached hydrogen (secondary N) is 1. The molecule has 0 saturated heterocycles. The molecule has 0 aliphatic carbocycles. The Kier molecular flexibility index (Phi) is 2.20. The normalized spacial score (nSPS) is 10.6. The van der Waals surface area contributed by atoms with Gasteiger partial charge in [0.2, 0.25) is 0 Å². The zero-order valence-electron chi connectivity index (χ0n) is 8.91. The average Bonchev–Trinajstić information content (AvgIpc) is 2.83. The minimum absolute atomic E-state index is 0.740. The van der Waals surface area contributed by atoms with E-state index in [1.165, 1.54) is 0 Å². The lowest BCUT2D eigenvalue weighted by molar-refractivity contribution is 0.873. The topological polar surface area (TPSA) is 81.6 Å². The number of nitrogens with two attached hydrogens (primary N) is 1. The van der Waals surface area contributed by atoms with Gasteiger partial charge in [-0.05, 0) is 12.1 Å². The molecular formula is C11H10N6. The molecule has 0 amide bonds. The minimum atomic E-state index is 0.740. The third-order valence-electron chi connectivity index (χ3n) is 2.52. The first-order chi connectivity index (χ1) is 8.40. The van der Waals surface area contributed by atoms with Gasteiger partial charge in [-0.3, -0.25) is 10.8 Å². The largest absolute Gasteiger partial charge is 0.322 e. The van der Waals surface area contributed by atoms with Gasteiger partial charge in [0.1, 0.15) is 0 Å². The van der Waals surface area contributed by atoms with Crippen molar-refractivity contribution >= 4 is 16.6 Å². The van der Waals surface area contributed by atoms with Crippen LogP contribution in [0.2, 0.25) is 0 Å². The number of aromatic nitrogens is 4. The second kappa shape index (κ2) is 3.84. The van der Waals surface area contributed by atoms with Gasteiger partial charge in [0.15, 0.2) is 5.82 Å². The van der Waals surface area contributed by atoms with Gasteiger partial charge in [-0.2, -0.15) is 5.10 Å². The summed E-state index contributed by atoms with van der Waals surface area (Å²) >= 11 is 0. The zero-order chi connectivity index (χ0) is 11.7. The SMILES string of the molecule is NNc1cncc2c1cnn2-c1ccccn1. The van der Waals surface area contributed by atoms with Gasteiger partial charge in [-0.25, -0.2) is 9.67 Å². The Morgan fingerprint density at radius 3 is 2.88 bits per heavy atom. The van der Waals surface area contributed by atoms with E-state index in [-0.39, 0.29) is 0 Å². The first-order valence-electron chi connectivity index (χ1n) is 5.10. The number of hydrogen-bond acceptors (Lipinski definition) is 5. The summed E-state index contributed by atoms with van der Waals surface area (Å²) in [7, 11) is 0. The van der Waals surface area contributed by atoms with Crippen LogP contribution in [-0.2, 0) is 0 Å². The molecule has 0 fully saturated rings. The quantitative estimate of drug-likeness (QED) is 0.505. The maximum Gasteiger partial charge on any atom is 0.154 e. The molecule has 3 aromatic rings. The summed E-state index contributed by atoms with van der Waals surface area (Å²) in [6.45, 7) is 0. The molecule has 0 aliphatic heterocycles. The standard InChI is InChI=1S/C11H10N6/c12-16-9-6-13-7-10-8(9)5-15-17(10)11-3-1-2-4-14-11/h1-7,16H,12H2. The highest BCUT2D eigenvalue weighted by molar-refractivity contribution is 5.90. The summed E-state index contributed by atoms with van der Waals surface area (Å²) in [5.41, 5.74) is 4.20. The molecule has 0 unspecified atom stereocenters. The van der Waals surface area contributed by atoms with Crippen LogP contribution in [0.3, 0.4) is 0 Å². The highest BCUT2D eigenvalue weighted by Crippen LogP contribution is 2.22. The molecule has 6 heteroatoms. The molecule has 3 N–H and O–H groups in total. The summed E-state index contributed by atoms with van der Waals surface area (Å²) in [4.78, 5) is 8.36. The lowest BCUT2D eigenvalue weighted by Gasteiger charge is -2.03. The van der Waals surface area contributed by atoms with Crippen molar-refractivity contribution in [2.24, 2.45) is 5.84 Å². The molecule has 0 aliphatic rings. The molecule has 3 rings (SSSR count). The van der Waals surface area contributed by atoms with Gasteiger partial charge in [-0.1, -0.05) is 6.07 Å². The molecule has 0 aromatic carbocycles. The number of hydrazine groups is 1. The van der Waals surface area contributed by atoms with Crippen molar-refractivity contribution in [2.75, 3.05) is 5.43 Å². The number of fused-ring (bicyclic) bond motifs is 1. The summed E-state index contributed by atoms with van der Waals surface area (Å²) < 4.78 is 1.73. The van der Waals surface area contributed by atoms with Crippen molar-refractivity contribution < 1.29 is 0 Å². The lowest BCUT2D eigenvalue weighted by atomic mass is 10.3. The third kappa shape index (κ3) is 1.51. The van der Waals surface area contributed by atoms with Crippen LogP contribution in [0.15, 0.2) is 43.0 Å². The van der Waals surface area contributed by atoms with Crippen LogP contribution in [0, 0.1) is 0 Å². The first kappa shape index (κ1) is 9.73. The van der Waals surface area contributed by atoms with Gasteiger partial charge in [0, 0.05) is 11.6 Å². The number of nitrogen functional groups attached to an aromatic ring is 1. The Morgan fingerprint density at radius 2 is 2.12 bits per heavy atom. The first-order valence-corrected chi connectivity index (χ1v) is 5.10. The molecule has 3 heterocycles. The Morgan fingerprint density at radius 1 is 1.18 bits per heavy atom. The molecule has 6 nitrogen and oxygen atoms in total. The van der Waals surface area contributed by atoms with E-state index in [0.717, 1.165) is 22.4 Å². The van der Waals surface area contributed by atoms with Gasteiger partial charge < -0.3 is 5.43 Å². The van der Waals surface area contributed by atoms with Crippen LogP contribution in [-0.4, -0.2) is 19.7 Å². The lowest BCUT2D eigenvalue weighted by Crippen LogP contribution is -2.07.